The molecular formula is C20H29NO2. The standard InChI is InChI=1S/C20H29NO2/c1-23-18-12-10-17(11-13-18)19-9-3-2-6-14-21(19)20(22)15-16-7-4-5-8-16/h10-13,16,19H,2-9,14-15H2,1H3. The summed E-state index contributed by atoms with van der Waals surface area (Å²) in [6, 6.07) is 8.53. The third-order valence-electron chi connectivity index (χ3n) is 5.51. The van der Waals surface area contributed by atoms with E-state index in [1.807, 2.05) is 12.1 Å². The molecule has 1 saturated heterocycles. The van der Waals surface area contributed by atoms with E-state index in [2.05, 4.69) is 17.0 Å². The van der Waals surface area contributed by atoms with Crippen LogP contribution in [0.1, 0.15) is 69.4 Å². The van der Waals surface area contributed by atoms with E-state index in [4.69, 9.17) is 4.74 Å². The monoisotopic (exact) mass is 315 g/mol. The Labute approximate surface area is 140 Å². The lowest BCUT2D eigenvalue weighted by Crippen LogP contribution is -2.35. The quantitative estimate of drug-likeness (QED) is 0.804. The molecular weight excluding hydrogens is 286 g/mol. The molecule has 23 heavy (non-hydrogen) atoms. The molecule has 2 aliphatic rings. The number of hydrogen-bond donors (Lipinski definition) is 0. The van der Waals surface area contributed by atoms with Gasteiger partial charge < -0.3 is 9.64 Å². The Morgan fingerprint density at radius 2 is 1.74 bits per heavy atom. The molecule has 1 aromatic carbocycles. The maximum atomic E-state index is 12.9. The van der Waals surface area contributed by atoms with Gasteiger partial charge >= 0.3 is 0 Å². The summed E-state index contributed by atoms with van der Waals surface area (Å²) in [7, 11) is 1.69. The number of benzene rings is 1. The summed E-state index contributed by atoms with van der Waals surface area (Å²) < 4.78 is 5.26. The first kappa shape index (κ1) is 16.4. The molecule has 2 fully saturated rings. The van der Waals surface area contributed by atoms with Gasteiger partial charge in [0, 0.05) is 13.0 Å². The van der Waals surface area contributed by atoms with Crippen molar-refractivity contribution in [1.29, 1.82) is 0 Å². The Bertz CT molecular complexity index is 505. The van der Waals surface area contributed by atoms with E-state index < -0.39 is 0 Å². The lowest BCUT2D eigenvalue weighted by molar-refractivity contribution is -0.134. The summed E-state index contributed by atoms with van der Waals surface area (Å²) >= 11 is 0. The SMILES string of the molecule is COc1ccc(C2CCCCCN2C(=O)CC2CCCC2)cc1. The average Bonchev–Trinajstić information content (AvgIpc) is 2.96. The van der Waals surface area contributed by atoms with Crippen LogP contribution in [0.15, 0.2) is 24.3 Å². The molecule has 0 N–H and O–H groups in total. The Morgan fingerprint density at radius 3 is 2.43 bits per heavy atom. The number of hydrogen-bond acceptors (Lipinski definition) is 2. The number of likely N-dealkylation sites (tertiary alicyclic amines) is 1. The van der Waals surface area contributed by atoms with Crippen molar-refractivity contribution < 1.29 is 9.53 Å². The van der Waals surface area contributed by atoms with Crippen LogP contribution in [-0.4, -0.2) is 24.5 Å². The number of nitrogens with zero attached hydrogens (tertiary/aromatic N) is 1. The number of carbonyl (C=O) groups excluding carboxylic acids is 1. The van der Waals surface area contributed by atoms with Crippen molar-refractivity contribution in [3.63, 3.8) is 0 Å². The van der Waals surface area contributed by atoms with Gasteiger partial charge in [0.15, 0.2) is 0 Å². The Hall–Kier alpha value is -1.51. The fraction of sp³-hybridized carbons (Fsp3) is 0.650. The van der Waals surface area contributed by atoms with E-state index in [1.54, 1.807) is 7.11 Å². The zero-order valence-electron chi connectivity index (χ0n) is 14.3. The van der Waals surface area contributed by atoms with Gasteiger partial charge in [-0.2, -0.15) is 0 Å². The van der Waals surface area contributed by atoms with Gasteiger partial charge in [0.05, 0.1) is 13.2 Å². The maximum absolute atomic E-state index is 12.9. The molecule has 1 aliphatic carbocycles. The lowest BCUT2D eigenvalue weighted by Gasteiger charge is -2.31. The molecule has 1 heterocycles. The number of carbonyl (C=O) groups is 1. The molecule has 126 valence electrons. The normalized spacial score (nSPS) is 22.8. The third kappa shape index (κ3) is 4.07. The summed E-state index contributed by atoms with van der Waals surface area (Å²) in [5.74, 6) is 1.88. The summed E-state index contributed by atoms with van der Waals surface area (Å²) in [4.78, 5) is 15.1. The van der Waals surface area contributed by atoms with E-state index in [9.17, 15) is 4.79 Å². The van der Waals surface area contributed by atoms with E-state index in [0.29, 0.717) is 11.8 Å². The van der Waals surface area contributed by atoms with Crippen molar-refractivity contribution in [2.45, 2.75) is 63.8 Å². The van der Waals surface area contributed by atoms with Crippen LogP contribution < -0.4 is 4.74 Å². The van der Waals surface area contributed by atoms with Gasteiger partial charge in [-0.3, -0.25) is 4.79 Å². The second kappa shape index (κ2) is 7.85. The van der Waals surface area contributed by atoms with Crippen LogP contribution in [0.4, 0.5) is 0 Å². The largest absolute Gasteiger partial charge is 0.497 e. The van der Waals surface area contributed by atoms with Crippen LogP contribution >= 0.6 is 0 Å². The van der Waals surface area contributed by atoms with Crippen LogP contribution in [0.2, 0.25) is 0 Å². The highest BCUT2D eigenvalue weighted by Gasteiger charge is 2.29. The van der Waals surface area contributed by atoms with Crippen molar-refractivity contribution in [2.75, 3.05) is 13.7 Å². The van der Waals surface area contributed by atoms with Gasteiger partial charge in [0.25, 0.3) is 0 Å². The minimum Gasteiger partial charge on any atom is -0.497 e. The molecule has 1 saturated carbocycles. The molecule has 1 atom stereocenters. The van der Waals surface area contributed by atoms with Crippen LogP contribution in [0.3, 0.4) is 0 Å². The van der Waals surface area contributed by atoms with E-state index in [0.717, 1.165) is 31.6 Å². The first-order valence-corrected chi connectivity index (χ1v) is 9.21. The van der Waals surface area contributed by atoms with Crippen molar-refractivity contribution in [2.24, 2.45) is 5.92 Å². The second-order valence-corrected chi connectivity index (χ2v) is 7.08. The molecule has 1 aromatic rings. The van der Waals surface area contributed by atoms with Crippen molar-refractivity contribution >= 4 is 5.91 Å². The minimum atomic E-state index is 0.248. The Kier molecular flexibility index (Phi) is 5.58. The summed E-state index contributed by atoms with van der Waals surface area (Å²) in [5, 5.41) is 0. The van der Waals surface area contributed by atoms with Gasteiger partial charge in [-0.15, -0.1) is 0 Å². The first-order valence-electron chi connectivity index (χ1n) is 9.21. The molecule has 0 aromatic heterocycles. The molecule has 1 unspecified atom stereocenters. The van der Waals surface area contributed by atoms with Crippen LogP contribution in [0, 0.1) is 5.92 Å². The molecule has 1 aliphatic heterocycles. The molecule has 0 radical (unpaired) electrons. The molecule has 0 spiro atoms. The molecule has 1 amide bonds. The number of ether oxygens (including phenoxy) is 1. The predicted octanol–water partition coefficient (Wildman–Crippen LogP) is 4.72. The highest BCUT2D eigenvalue weighted by molar-refractivity contribution is 5.77. The van der Waals surface area contributed by atoms with Crippen molar-refractivity contribution in [3.8, 4) is 5.75 Å². The highest BCUT2D eigenvalue weighted by Crippen LogP contribution is 2.34. The van der Waals surface area contributed by atoms with Crippen LogP contribution in [0.5, 0.6) is 5.75 Å². The molecule has 3 rings (SSSR count). The Morgan fingerprint density at radius 1 is 1.04 bits per heavy atom. The molecule has 3 nitrogen and oxygen atoms in total. The van der Waals surface area contributed by atoms with Gasteiger partial charge in [-0.1, -0.05) is 37.8 Å². The highest BCUT2D eigenvalue weighted by atomic mass is 16.5. The summed E-state index contributed by atoms with van der Waals surface area (Å²) in [6.45, 7) is 0.919. The minimum absolute atomic E-state index is 0.248. The van der Waals surface area contributed by atoms with Gasteiger partial charge in [0.1, 0.15) is 5.75 Å². The average molecular weight is 315 g/mol. The summed E-state index contributed by atoms with van der Waals surface area (Å²) in [5.41, 5.74) is 1.26. The van der Waals surface area contributed by atoms with Crippen LogP contribution in [0.25, 0.3) is 0 Å². The molecule has 0 bridgehead atoms. The third-order valence-corrected chi connectivity index (χ3v) is 5.51. The smallest absolute Gasteiger partial charge is 0.223 e. The Balaban J connectivity index is 1.74. The molecule has 3 heteroatoms. The van der Waals surface area contributed by atoms with Crippen LogP contribution in [-0.2, 0) is 4.79 Å². The topological polar surface area (TPSA) is 29.5 Å². The van der Waals surface area contributed by atoms with E-state index in [1.165, 1.54) is 44.1 Å². The second-order valence-electron chi connectivity index (χ2n) is 7.08. The fourth-order valence-electron chi connectivity index (χ4n) is 4.16. The lowest BCUT2D eigenvalue weighted by atomic mass is 9.98. The van der Waals surface area contributed by atoms with Crippen molar-refractivity contribution in [3.05, 3.63) is 29.8 Å². The summed E-state index contributed by atoms with van der Waals surface area (Å²) in [6.07, 6.45) is 10.5. The number of amides is 1. The maximum Gasteiger partial charge on any atom is 0.223 e. The van der Waals surface area contributed by atoms with Gasteiger partial charge in [0.2, 0.25) is 5.91 Å². The van der Waals surface area contributed by atoms with E-state index >= 15 is 0 Å². The van der Waals surface area contributed by atoms with E-state index in [-0.39, 0.29) is 6.04 Å². The van der Waals surface area contributed by atoms with Gasteiger partial charge in [-0.25, -0.2) is 0 Å². The number of methoxy groups -OCH3 is 1. The zero-order chi connectivity index (χ0) is 16.1. The first-order chi connectivity index (χ1) is 11.3. The predicted molar refractivity (Wildman–Crippen MR) is 92.5 cm³/mol. The zero-order valence-corrected chi connectivity index (χ0v) is 14.3. The number of rotatable bonds is 4. The van der Waals surface area contributed by atoms with Crippen molar-refractivity contribution in [1.82, 2.24) is 4.90 Å². The fourth-order valence-corrected chi connectivity index (χ4v) is 4.16. The van der Waals surface area contributed by atoms with Gasteiger partial charge in [-0.05, 0) is 49.3 Å².